The van der Waals surface area contributed by atoms with E-state index in [4.69, 9.17) is 0 Å². The first-order chi connectivity index (χ1) is 3.62. The van der Waals surface area contributed by atoms with Crippen molar-refractivity contribution in [2.45, 2.75) is 0 Å². The second kappa shape index (κ2) is 3.17. The summed E-state index contributed by atoms with van der Waals surface area (Å²) in [5, 5.41) is 9.43. The van der Waals surface area contributed by atoms with E-state index in [-0.39, 0.29) is 0 Å². The Kier molecular flexibility index (Phi) is 3.19. The van der Waals surface area contributed by atoms with Crippen LogP contribution in [0.5, 0.6) is 0 Å². The first-order valence-corrected chi connectivity index (χ1v) is 3.18. The van der Waals surface area contributed by atoms with Gasteiger partial charge >= 0.3 is 0 Å². The number of rotatable bonds is 3. The largest absolute Gasteiger partial charge is 0.833 e. The van der Waals surface area contributed by atoms with E-state index in [1.165, 1.54) is 0 Å². The molecule has 1 atom stereocenters. The standard InChI is InChI=1S/C2H6O5P/c1-6-8(4,5)7-2-3/h2H2,1H3,(H,4,5)/q-1/p-1. The molecule has 0 aliphatic heterocycles. The average molecular weight is 140 g/mol. The Balaban J connectivity index is 3.55. The monoisotopic (exact) mass is 140 g/mol. The summed E-state index contributed by atoms with van der Waals surface area (Å²) in [5.74, 6) is 0. The van der Waals surface area contributed by atoms with Gasteiger partial charge in [-0.1, -0.05) is 0 Å². The highest BCUT2D eigenvalue weighted by Crippen LogP contribution is 2.35. The predicted octanol–water partition coefficient (Wildman–Crippen LogP) is -1.56. The topological polar surface area (TPSA) is 81.7 Å². The van der Waals surface area contributed by atoms with Crippen LogP contribution in [0.3, 0.4) is 0 Å². The van der Waals surface area contributed by atoms with Gasteiger partial charge in [-0.3, -0.25) is 4.57 Å². The lowest BCUT2D eigenvalue weighted by Gasteiger charge is -2.21. The SMILES string of the molecule is COP(=O)([O-])OC[O-]. The molecule has 0 aliphatic carbocycles. The molecule has 0 aromatic carbocycles. The van der Waals surface area contributed by atoms with Crippen LogP contribution in [0.2, 0.25) is 0 Å². The molecule has 0 N–H and O–H groups in total. The second-order valence-electron chi connectivity index (χ2n) is 0.877. The van der Waals surface area contributed by atoms with Gasteiger partial charge in [0.05, 0.1) is 0 Å². The Hall–Kier alpha value is 0.0700. The normalized spacial score (nSPS) is 17.9. The molecule has 0 heterocycles. The minimum absolute atomic E-state index is 0.920. The molecule has 50 valence electrons. The van der Waals surface area contributed by atoms with E-state index in [1.807, 2.05) is 0 Å². The minimum Gasteiger partial charge on any atom is -0.833 e. The van der Waals surface area contributed by atoms with Crippen LogP contribution in [0.1, 0.15) is 0 Å². The van der Waals surface area contributed by atoms with E-state index >= 15 is 0 Å². The zero-order chi connectivity index (χ0) is 6.62. The third-order valence-electron chi connectivity index (χ3n) is 0.434. The summed E-state index contributed by atoms with van der Waals surface area (Å²) >= 11 is 0. The molecule has 0 bridgehead atoms. The maximum absolute atomic E-state index is 9.98. The van der Waals surface area contributed by atoms with Crippen molar-refractivity contribution < 1.29 is 23.6 Å². The van der Waals surface area contributed by atoms with Crippen LogP contribution in [0.15, 0.2) is 0 Å². The van der Waals surface area contributed by atoms with Gasteiger partial charge in [0.25, 0.3) is 7.82 Å². The van der Waals surface area contributed by atoms with Gasteiger partial charge in [-0.05, 0) is 6.79 Å². The van der Waals surface area contributed by atoms with Crippen molar-refractivity contribution in [3.63, 3.8) is 0 Å². The maximum atomic E-state index is 9.98. The molecule has 0 rings (SSSR count). The fourth-order valence-corrected chi connectivity index (χ4v) is 0.352. The van der Waals surface area contributed by atoms with Crippen LogP contribution in [0, 0.1) is 0 Å². The molecule has 0 fully saturated rings. The van der Waals surface area contributed by atoms with Crippen molar-refractivity contribution in [3.05, 3.63) is 0 Å². The van der Waals surface area contributed by atoms with Crippen LogP contribution < -0.4 is 10.00 Å². The lowest BCUT2D eigenvalue weighted by atomic mass is 11.6. The van der Waals surface area contributed by atoms with Gasteiger partial charge in [-0.15, -0.1) is 0 Å². The van der Waals surface area contributed by atoms with E-state index in [2.05, 4.69) is 9.05 Å². The highest BCUT2D eigenvalue weighted by molar-refractivity contribution is 7.45. The van der Waals surface area contributed by atoms with Gasteiger partial charge in [-0.25, -0.2) is 0 Å². The Morgan fingerprint density at radius 3 is 2.38 bits per heavy atom. The summed E-state index contributed by atoms with van der Waals surface area (Å²) < 4.78 is 17.3. The average Bonchev–Trinajstić information content (AvgIpc) is 1.67. The quantitative estimate of drug-likeness (QED) is 0.349. The molecule has 0 aromatic heterocycles. The van der Waals surface area contributed by atoms with Gasteiger partial charge < -0.3 is 19.0 Å². The molecule has 0 spiro atoms. The summed E-state index contributed by atoms with van der Waals surface area (Å²) in [4.78, 5) is 9.98. The third kappa shape index (κ3) is 3.12. The molecular weight excluding hydrogens is 135 g/mol. The molecule has 0 aliphatic rings. The van der Waals surface area contributed by atoms with Crippen LogP contribution in [0.4, 0.5) is 0 Å². The number of hydrogen-bond acceptors (Lipinski definition) is 5. The molecule has 0 saturated carbocycles. The Morgan fingerprint density at radius 2 is 2.25 bits per heavy atom. The smallest absolute Gasteiger partial charge is 0.266 e. The predicted molar refractivity (Wildman–Crippen MR) is 20.6 cm³/mol. The number of phosphoric acid groups is 1. The van der Waals surface area contributed by atoms with E-state index in [0.29, 0.717) is 0 Å². The van der Waals surface area contributed by atoms with Crippen LogP contribution in [-0.4, -0.2) is 13.9 Å². The first-order valence-electron chi connectivity index (χ1n) is 1.72. The Labute approximate surface area is 46.5 Å². The van der Waals surface area contributed by atoms with Crippen molar-refractivity contribution in [2.24, 2.45) is 0 Å². The van der Waals surface area contributed by atoms with Crippen LogP contribution >= 0.6 is 7.82 Å². The van der Waals surface area contributed by atoms with Gasteiger partial charge in [0.1, 0.15) is 0 Å². The molecular formula is C2H5O5P-2. The Bertz CT molecular complexity index is 101. The van der Waals surface area contributed by atoms with Gasteiger partial charge in [0, 0.05) is 7.11 Å². The first kappa shape index (κ1) is 8.07. The fraction of sp³-hybridized carbons (Fsp3) is 1.00. The summed E-state index contributed by atoms with van der Waals surface area (Å²) in [6, 6.07) is 0. The third-order valence-corrected chi connectivity index (χ3v) is 1.30. The van der Waals surface area contributed by atoms with E-state index in [1.54, 1.807) is 0 Å². The van der Waals surface area contributed by atoms with E-state index in [0.717, 1.165) is 7.11 Å². The molecule has 5 nitrogen and oxygen atoms in total. The number of phosphoric ester groups is 1. The van der Waals surface area contributed by atoms with Crippen LogP contribution in [-0.2, 0) is 13.6 Å². The second-order valence-corrected chi connectivity index (χ2v) is 2.39. The van der Waals surface area contributed by atoms with Gasteiger partial charge in [0.2, 0.25) is 0 Å². The highest BCUT2D eigenvalue weighted by atomic mass is 31.2. The van der Waals surface area contributed by atoms with Crippen molar-refractivity contribution >= 4 is 7.82 Å². The van der Waals surface area contributed by atoms with Crippen molar-refractivity contribution in [2.75, 3.05) is 13.9 Å². The molecule has 0 saturated heterocycles. The Morgan fingerprint density at radius 1 is 1.75 bits per heavy atom. The highest BCUT2D eigenvalue weighted by Gasteiger charge is 1.99. The van der Waals surface area contributed by atoms with E-state index < -0.39 is 14.6 Å². The minimum atomic E-state index is -4.24. The zero-order valence-corrected chi connectivity index (χ0v) is 5.09. The van der Waals surface area contributed by atoms with Crippen molar-refractivity contribution in [1.82, 2.24) is 0 Å². The van der Waals surface area contributed by atoms with Gasteiger partial charge in [-0.2, -0.15) is 0 Å². The molecule has 0 amide bonds. The number of hydrogen-bond donors (Lipinski definition) is 0. The molecule has 6 heteroatoms. The summed E-state index contributed by atoms with van der Waals surface area (Å²) in [6.07, 6.45) is 0. The summed E-state index contributed by atoms with van der Waals surface area (Å²) in [5.41, 5.74) is 0. The molecule has 1 unspecified atom stereocenters. The van der Waals surface area contributed by atoms with Crippen molar-refractivity contribution in [3.8, 4) is 0 Å². The van der Waals surface area contributed by atoms with Crippen molar-refractivity contribution in [1.29, 1.82) is 0 Å². The summed E-state index contributed by atoms with van der Waals surface area (Å²) in [7, 11) is -3.32. The molecule has 0 radical (unpaired) electrons. The fourth-order valence-electron chi connectivity index (χ4n) is 0.117. The van der Waals surface area contributed by atoms with Crippen LogP contribution in [0.25, 0.3) is 0 Å². The lowest BCUT2D eigenvalue weighted by molar-refractivity contribution is -0.422. The zero-order valence-electron chi connectivity index (χ0n) is 4.20. The lowest BCUT2D eigenvalue weighted by Crippen LogP contribution is -2.14. The maximum Gasteiger partial charge on any atom is 0.266 e. The van der Waals surface area contributed by atoms with Gasteiger partial charge in [0.15, 0.2) is 0 Å². The molecule has 8 heavy (non-hydrogen) atoms. The summed E-state index contributed by atoms with van der Waals surface area (Å²) in [6.45, 7) is -1.13. The molecule has 0 aromatic rings. The van der Waals surface area contributed by atoms with E-state index in [9.17, 15) is 14.6 Å².